The number of carboxylic acids is 1. The standard InChI is InChI=1S/C32H31ClN2O4/c1-21-12-14-24(15-13-21)28(19-30(36)37)34-31(38)29(17-23-8-4-3-5-9-23)35-20-22(2)16-26(32(35)39)18-25-10-6-7-11-27(25)33/h3-16,20,28-29H,17-19H2,1-2H3,(H,34,38)(H,36,37)/t28-,29-/m0/s1. The van der Waals surface area contributed by atoms with Crippen LogP contribution in [0.1, 0.15) is 51.9 Å². The molecule has 4 rings (SSSR count). The molecule has 1 heterocycles. The smallest absolute Gasteiger partial charge is 0.305 e. The fraction of sp³-hybridized carbons (Fsp3) is 0.219. The number of aromatic nitrogens is 1. The van der Waals surface area contributed by atoms with Crippen LogP contribution in [0.25, 0.3) is 0 Å². The lowest BCUT2D eigenvalue weighted by molar-refractivity contribution is -0.137. The molecule has 0 aliphatic heterocycles. The molecule has 0 radical (unpaired) electrons. The first-order valence-corrected chi connectivity index (χ1v) is 13.2. The summed E-state index contributed by atoms with van der Waals surface area (Å²) in [7, 11) is 0. The van der Waals surface area contributed by atoms with Crippen molar-refractivity contribution in [1.29, 1.82) is 0 Å². The molecule has 0 saturated carbocycles. The number of halogens is 1. The molecule has 0 unspecified atom stereocenters. The Hall–Kier alpha value is -4.16. The molecule has 4 aromatic rings. The summed E-state index contributed by atoms with van der Waals surface area (Å²) in [5, 5.41) is 13.1. The van der Waals surface area contributed by atoms with Crippen molar-refractivity contribution >= 4 is 23.5 Å². The van der Waals surface area contributed by atoms with Crippen molar-refractivity contribution in [1.82, 2.24) is 9.88 Å². The number of pyridine rings is 1. The maximum absolute atomic E-state index is 13.9. The Balaban J connectivity index is 1.74. The van der Waals surface area contributed by atoms with Gasteiger partial charge < -0.3 is 15.0 Å². The van der Waals surface area contributed by atoms with Crippen LogP contribution in [0.5, 0.6) is 0 Å². The first-order valence-electron chi connectivity index (χ1n) is 12.8. The maximum atomic E-state index is 13.9. The van der Waals surface area contributed by atoms with E-state index in [2.05, 4.69) is 5.32 Å². The zero-order valence-electron chi connectivity index (χ0n) is 21.9. The van der Waals surface area contributed by atoms with E-state index in [1.54, 1.807) is 12.3 Å². The Morgan fingerprint density at radius 3 is 2.23 bits per heavy atom. The molecule has 7 heteroatoms. The Bertz CT molecular complexity index is 1510. The average Bonchev–Trinajstić information content (AvgIpc) is 2.91. The Labute approximate surface area is 232 Å². The Morgan fingerprint density at radius 1 is 0.897 bits per heavy atom. The first kappa shape index (κ1) is 27.9. The number of nitrogens with one attached hydrogen (secondary N) is 1. The van der Waals surface area contributed by atoms with Gasteiger partial charge in [-0.3, -0.25) is 14.4 Å². The van der Waals surface area contributed by atoms with Crippen LogP contribution in [0.4, 0.5) is 0 Å². The summed E-state index contributed by atoms with van der Waals surface area (Å²) in [6.07, 6.45) is 1.98. The second-order valence-electron chi connectivity index (χ2n) is 9.80. The molecular weight excluding hydrogens is 512 g/mol. The summed E-state index contributed by atoms with van der Waals surface area (Å²) < 4.78 is 1.47. The third-order valence-electron chi connectivity index (χ3n) is 6.68. The van der Waals surface area contributed by atoms with Gasteiger partial charge in [0.25, 0.3) is 5.56 Å². The van der Waals surface area contributed by atoms with Gasteiger partial charge in [-0.15, -0.1) is 0 Å². The van der Waals surface area contributed by atoms with E-state index >= 15 is 0 Å². The Kier molecular flexibility index (Phi) is 8.99. The van der Waals surface area contributed by atoms with Crippen LogP contribution in [0.15, 0.2) is 95.9 Å². The number of amides is 1. The van der Waals surface area contributed by atoms with Crippen molar-refractivity contribution in [2.45, 2.75) is 45.2 Å². The predicted molar refractivity (Wildman–Crippen MR) is 153 cm³/mol. The minimum absolute atomic E-state index is 0.259. The van der Waals surface area contributed by atoms with Crippen LogP contribution in [-0.4, -0.2) is 21.6 Å². The monoisotopic (exact) mass is 542 g/mol. The minimum Gasteiger partial charge on any atom is -0.481 e. The normalized spacial score (nSPS) is 12.5. The van der Waals surface area contributed by atoms with Gasteiger partial charge in [0, 0.05) is 29.6 Å². The third-order valence-corrected chi connectivity index (χ3v) is 7.05. The lowest BCUT2D eigenvalue weighted by atomic mass is 9.99. The third kappa shape index (κ3) is 7.24. The summed E-state index contributed by atoms with van der Waals surface area (Å²) in [4.78, 5) is 39.4. The minimum atomic E-state index is -1.03. The van der Waals surface area contributed by atoms with Gasteiger partial charge in [-0.05, 0) is 48.2 Å². The molecule has 39 heavy (non-hydrogen) atoms. The summed E-state index contributed by atoms with van der Waals surface area (Å²) in [6.45, 7) is 3.82. The fourth-order valence-electron chi connectivity index (χ4n) is 4.67. The zero-order valence-corrected chi connectivity index (χ0v) is 22.7. The number of nitrogens with zero attached hydrogens (tertiary/aromatic N) is 1. The van der Waals surface area contributed by atoms with Crippen molar-refractivity contribution < 1.29 is 14.7 Å². The molecule has 0 saturated heterocycles. The van der Waals surface area contributed by atoms with Crippen molar-refractivity contribution in [3.63, 3.8) is 0 Å². The van der Waals surface area contributed by atoms with Crippen LogP contribution >= 0.6 is 11.6 Å². The van der Waals surface area contributed by atoms with Crippen LogP contribution in [0, 0.1) is 13.8 Å². The van der Waals surface area contributed by atoms with Gasteiger partial charge in [0.05, 0.1) is 12.5 Å². The quantitative estimate of drug-likeness (QED) is 0.264. The van der Waals surface area contributed by atoms with Gasteiger partial charge in [-0.25, -0.2) is 0 Å². The zero-order chi connectivity index (χ0) is 27.9. The van der Waals surface area contributed by atoms with E-state index in [1.165, 1.54) is 4.57 Å². The molecule has 0 aliphatic rings. The molecule has 0 fully saturated rings. The van der Waals surface area contributed by atoms with Crippen LogP contribution in [0.3, 0.4) is 0 Å². The van der Waals surface area contributed by atoms with Gasteiger partial charge in [-0.2, -0.15) is 0 Å². The molecule has 0 aliphatic carbocycles. The fourth-order valence-corrected chi connectivity index (χ4v) is 4.87. The van der Waals surface area contributed by atoms with Gasteiger partial charge in [0.15, 0.2) is 0 Å². The van der Waals surface area contributed by atoms with E-state index in [0.717, 1.165) is 22.3 Å². The summed E-state index contributed by atoms with van der Waals surface area (Å²) >= 11 is 6.37. The average molecular weight is 543 g/mol. The molecule has 200 valence electrons. The lowest BCUT2D eigenvalue weighted by Gasteiger charge is -2.25. The molecule has 0 bridgehead atoms. The second-order valence-corrected chi connectivity index (χ2v) is 10.2. The van der Waals surface area contributed by atoms with E-state index in [4.69, 9.17) is 11.6 Å². The number of hydrogen-bond acceptors (Lipinski definition) is 3. The molecule has 3 aromatic carbocycles. The molecule has 1 amide bonds. The van der Waals surface area contributed by atoms with Crippen LogP contribution in [0.2, 0.25) is 5.02 Å². The van der Waals surface area contributed by atoms with Gasteiger partial charge in [0.1, 0.15) is 6.04 Å². The highest BCUT2D eigenvalue weighted by Gasteiger charge is 2.27. The van der Waals surface area contributed by atoms with Crippen molar-refractivity contribution in [3.8, 4) is 0 Å². The molecule has 2 atom stereocenters. The highest BCUT2D eigenvalue weighted by Crippen LogP contribution is 2.23. The predicted octanol–water partition coefficient (Wildman–Crippen LogP) is 5.83. The number of aryl methyl sites for hydroxylation is 2. The number of benzene rings is 3. The van der Waals surface area contributed by atoms with Gasteiger partial charge >= 0.3 is 5.97 Å². The number of carbonyl (C=O) groups excluding carboxylic acids is 1. The second kappa shape index (κ2) is 12.6. The number of hydrogen-bond donors (Lipinski definition) is 2. The number of aliphatic carboxylic acids is 1. The molecule has 1 aromatic heterocycles. The highest BCUT2D eigenvalue weighted by molar-refractivity contribution is 6.31. The number of rotatable bonds is 10. The largest absolute Gasteiger partial charge is 0.481 e. The molecule has 0 spiro atoms. The lowest BCUT2D eigenvalue weighted by Crippen LogP contribution is -2.41. The summed E-state index contributed by atoms with van der Waals surface area (Å²) in [5.74, 6) is -1.46. The summed E-state index contributed by atoms with van der Waals surface area (Å²) in [5.41, 5.74) is 4.46. The SMILES string of the molecule is Cc1ccc([C@H](CC(=O)O)NC(=O)[C@H](Cc2ccccc2)n2cc(C)cc(Cc3ccccc3Cl)c2=O)cc1. The van der Waals surface area contributed by atoms with E-state index in [1.807, 2.05) is 92.7 Å². The van der Waals surface area contributed by atoms with Crippen molar-refractivity contribution in [2.75, 3.05) is 0 Å². The van der Waals surface area contributed by atoms with E-state index < -0.39 is 24.0 Å². The van der Waals surface area contributed by atoms with Crippen LogP contribution in [-0.2, 0) is 22.4 Å². The molecule has 6 nitrogen and oxygen atoms in total. The van der Waals surface area contributed by atoms with E-state index in [-0.39, 0.29) is 18.4 Å². The van der Waals surface area contributed by atoms with Crippen molar-refractivity contribution in [2.24, 2.45) is 0 Å². The Morgan fingerprint density at radius 2 is 1.56 bits per heavy atom. The topological polar surface area (TPSA) is 88.4 Å². The number of carbonyl (C=O) groups is 2. The maximum Gasteiger partial charge on any atom is 0.305 e. The molecular formula is C32H31ClN2O4. The first-order chi connectivity index (χ1) is 18.7. The van der Waals surface area contributed by atoms with Crippen molar-refractivity contribution in [3.05, 3.63) is 140 Å². The van der Waals surface area contributed by atoms with Gasteiger partial charge in [-0.1, -0.05) is 90.0 Å². The van der Waals surface area contributed by atoms with Gasteiger partial charge in [0.2, 0.25) is 5.91 Å². The molecule has 2 N–H and O–H groups in total. The van der Waals surface area contributed by atoms with E-state index in [9.17, 15) is 19.5 Å². The van der Waals surface area contributed by atoms with E-state index in [0.29, 0.717) is 22.6 Å². The number of carboxylic acid groups (broad SMARTS) is 1. The highest BCUT2D eigenvalue weighted by atomic mass is 35.5. The summed E-state index contributed by atoms with van der Waals surface area (Å²) in [6, 6.07) is 24.4. The van der Waals surface area contributed by atoms with Crippen LogP contribution < -0.4 is 10.9 Å².